The quantitative estimate of drug-likeness (QED) is 0.805. The lowest BCUT2D eigenvalue weighted by Crippen LogP contribution is -2.61. The van der Waals surface area contributed by atoms with Gasteiger partial charge in [0, 0.05) is 12.1 Å². The second kappa shape index (κ2) is 5.26. The van der Waals surface area contributed by atoms with Gasteiger partial charge in [0.15, 0.2) is 11.6 Å². The van der Waals surface area contributed by atoms with E-state index in [1.54, 1.807) is 0 Å². The molecule has 2 saturated carbocycles. The maximum atomic E-state index is 13.2. The summed E-state index contributed by atoms with van der Waals surface area (Å²) in [6.45, 7) is 0.0363. The minimum atomic E-state index is -0.973. The van der Waals surface area contributed by atoms with Gasteiger partial charge in [-0.2, -0.15) is 0 Å². The van der Waals surface area contributed by atoms with Gasteiger partial charge in [-0.05, 0) is 43.7 Å². The highest BCUT2D eigenvalue weighted by molar-refractivity contribution is 5.86. The van der Waals surface area contributed by atoms with Gasteiger partial charge in [0.25, 0.3) is 0 Å². The summed E-state index contributed by atoms with van der Waals surface area (Å²) in [6, 6.07) is 3.62. The lowest BCUT2D eigenvalue weighted by Gasteiger charge is -2.32. The van der Waals surface area contributed by atoms with Crippen LogP contribution in [0.2, 0.25) is 0 Å². The van der Waals surface area contributed by atoms with Crippen LogP contribution in [-0.4, -0.2) is 24.1 Å². The molecule has 0 saturated heterocycles. The molecule has 4 nitrogen and oxygen atoms in total. The van der Waals surface area contributed by atoms with E-state index in [9.17, 15) is 13.6 Å². The van der Waals surface area contributed by atoms with Crippen LogP contribution >= 0.6 is 0 Å². The van der Waals surface area contributed by atoms with Gasteiger partial charge in [-0.1, -0.05) is 0 Å². The van der Waals surface area contributed by atoms with Gasteiger partial charge in [0.2, 0.25) is 5.91 Å². The van der Waals surface area contributed by atoms with Gasteiger partial charge in [0.05, 0.1) is 0 Å². The first-order chi connectivity index (χ1) is 10.0. The number of carbonyl (C=O) groups is 1. The van der Waals surface area contributed by atoms with E-state index in [4.69, 9.17) is 10.5 Å². The number of nitrogens with one attached hydrogen (secondary N) is 1. The first-order valence-electron chi connectivity index (χ1n) is 7.17. The predicted octanol–water partition coefficient (Wildman–Crippen LogP) is 1.73. The average Bonchev–Trinajstić information content (AvgIpc) is 3.31. The third-order valence-electron chi connectivity index (χ3n) is 4.11. The van der Waals surface area contributed by atoms with Gasteiger partial charge in [-0.15, -0.1) is 0 Å². The van der Waals surface area contributed by atoms with E-state index in [2.05, 4.69) is 5.32 Å². The molecule has 1 amide bonds. The van der Waals surface area contributed by atoms with Crippen molar-refractivity contribution < 1.29 is 18.3 Å². The zero-order chi connectivity index (χ0) is 15.0. The fourth-order valence-electron chi connectivity index (χ4n) is 2.55. The number of halogens is 2. The zero-order valence-electron chi connectivity index (χ0n) is 11.6. The van der Waals surface area contributed by atoms with Crippen LogP contribution in [0.15, 0.2) is 18.2 Å². The lowest BCUT2D eigenvalue weighted by molar-refractivity contribution is -0.126. The highest BCUT2D eigenvalue weighted by atomic mass is 19.2. The Morgan fingerprint density at radius 3 is 2.52 bits per heavy atom. The Morgan fingerprint density at radius 2 is 2.00 bits per heavy atom. The number of primary amides is 1. The molecule has 0 aromatic heterocycles. The summed E-state index contributed by atoms with van der Waals surface area (Å²) in [7, 11) is 0. The van der Waals surface area contributed by atoms with Crippen LogP contribution in [0, 0.1) is 17.6 Å². The molecule has 0 aliphatic heterocycles. The fraction of sp³-hybridized carbons (Fsp3) is 0.533. The van der Waals surface area contributed by atoms with E-state index in [1.807, 2.05) is 0 Å². The Hall–Kier alpha value is -1.69. The Labute approximate surface area is 121 Å². The molecule has 3 rings (SSSR count). The third kappa shape index (κ3) is 3.00. The van der Waals surface area contributed by atoms with Crippen molar-refractivity contribution in [1.82, 2.24) is 5.32 Å². The van der Waals surface area contributed by atoms with Gasteiger partial charge in [-0.3, -0.25) is 10.1 Å². The molecule has 2 aliphatic carbocycles. The van der Waals surface area contributed by atoms with Gasteiger partial charge in [0.1, 0.15) is 17.9 Å². The Morgan fingerprint density at radius 1 is 1.29 bits per heavy atom. The SMILES string of the molecule is NC(=O)C(COc1ccc(F)c(F)c1)(NC1CC1)C1CC1. The lowest BCUT2D eigenvalue weighted by atomic mass is 9.93. The van der Waals surface area contributed by atoms with E-state index in [-0.39, 0.29) is 18.3 Å². The molecule has 0 radical (unpaired) electrons. The molecule has 0 bridgehead atoms. The molecule has 0 heterocycles. The van der Waals surface area contributed by atoms with Crippen molar-refractivity contribution in [1.29, 1.82) is 0 Å². The van der Waals surface area contributed by atoms with Crippen molar-refractivity contribution in [2.45, 2.75) is 37.3 Å². The van der Waals surface area contributed by atoms with Crippen molar-refractivity contribution >= 4 is 5.91 Å². The second-order valence-electron chi connectivity index (χ2n) is 5.89. The molecule has 0 spiro atoms. The number of nitrogens with two attached hydrogens (primary N) is 1. The monoisotopic (exact) mass is 296 g/mol. The van der Waals surface area contributed by atoms with E-state index in [0.29, 0.717) is 6.04 Å². The van der Waals surface area contributed by atoms with Crippen LogP contribution < -0.4 is 15.8 Å². The smallest absolute Gasteiger partial charge is 0.241 e. The topological polar surface area (TPSA) is 64.4 Å². The Kier molecular flexibility index (Phi) is 3.57. The van der Waals surface area contributed by atoms with Crippen molar-refractivity contribution in [3.8, 4) is 5.75 Å². The molecule has 1 atom stereocenters. The van der Waals surface area contributed by atoms with Crippen LogP contribution in [0.1, 0.15) is 25.7 Å². The second-order valence-corrected chi connectivity index (χ2v) is 5.89. The van der Waals surface area contributed by atoms with E-state index < -0.39 is 23.1 Å². The maximum absolute atomic E-state index is 13.2. The number of carbonyl (C=O) groups excluding carboxylic acids is 1. The maximum Gasteiger partial charge on any atom is 0.241 e. The van der Waals surface area contributed by atoms with Crippen molar-refractivity contribution in [3.63, 3.8) is 0 Å². The van der Waals surface area contributed by atoms with Crippen LogP contribution in [0.4, 0.5) is 8.78 Å². The number of hydrogen-bond acceptors (Lipinski definition) is 3. The minimum absolute atomic E-state index is 0.0363. The van der Waals surface area contributed by atoms with Gasteiger partial charge >= 0.3 is 0 Å². The molecule has 2 aliphatic rings. The van der Waals surface area contributed by atoms with E-state index >= 15 is 0 Å². The average molecular weight is 296 g/mol. The normalized spacial score (nSPS) is 20.9. The summed E-state index contributed by atoms with van der Waals surface area (Å²) in [6.07, 6.45) is 3.88. The molecular weight excluding hydrogens is 278 g/mol. The van der Waals surface area contributed by atoms with Crippen LogP contribution in [-0.2, 0) is 4.79 Å². The summed E-state index contributed by atoms with van der Waals surface area (Å²) >= 11 is 0. The summed E-state index contributed by atoms with van der Waals surface area (Å²) in [4.78, 5) is 12.0. The number of benzene rings is 1. The van der Waals surface area contributed by atoms with Crippen LogP contribution in [0.3, 0.4) is 0 Å². The Bertz CT molecular complexity index is 559. The molecular formula is C15H18F2N2O2. The predicted molar refractivity (Wildman–Crippen MR) is 72.7 cm³/mol. The summed E-state index contributed by atoms with van der Waals surface area (Å²) < 4.78 is 31.6. The van der Waals surface area contributed by atoms with Crippen molar-refractivity contribution in [3.05, 3.63) is 29.8 Å². The highest BCUT2D eigenvalue weighted by Gasteiger charge is 2.52. The number of ether oxygens (including phenoxy) is 1. The highest BCUT2D eigenvalue weighted by Crippen LogP contribution is 2.42. The molecule has 1 aromatic carbocycles. The number of amides is 1. The molecule has 6 heteroatoms. The van der Waals surface area contributed by atoms with Crippen molar-refractivity contribution in [2.75, 3.05) is 6.61 Å². The first-order valence-corrected chi connectivity index (χ1v) is 7.17. The summed E-state index contributed by atoms with van der Waals surface area (Å²) in [5, 5.41) is 3.29. The van der Waals surface area contributed by atoms with Gasteiger partial charge < -0.3 is 10.5 Å². The summed E-state index contributed by atoms with van der Waals surface area (Å²) in [5.41, 5.74) is 4.68. The molecule has 114 valence electrons. The van der Waals surface area contributed by atoms with Crippen LogP contribution in [0.5, 0.6) is 5.75 Å². The zero-order valence-corrected chi connectivity index (χ0v) is 11.6. The molecule has 3 N–H and O–H groups in total. The molecule has 1 unspecified atom stereocenters. The Balaban J connectivity index is 1.74. The first kappa shape index (κ1) is 14.3. The van der Waals surface area contributed by atoms with Crippen molar-refractivity contribution in [2.24, 2.45) is 11.7 Å². The largest absolute Gasteiger partial charge is 0.491 e. The number of rotatable bonds is 7. The summed E-state index contributed by atoms with van der Waals surface area (Å²) in [5.74, 6) is -2.00. The minimum Gasteiger partial charge on any atom is -0.491 e. The molecule has 21 heavy (non-hydrogen) atoms. The molecule has 1 aromatic rings. The molecule has 2 fully saturated rings. The van der Waals surface area contributed by atoms with E-state index in [0.717, 1.165) is 37.8 Å². The van der Waals surface area contributed by atoms with Crippen LogP contribution in [0.25, 0.3) is 0 Å². The van der Waals surface area contributed by atoms with Gasteiger partial charge in [-0.25, -0.2) is 8.78 Å². The fourth-order valence-corrected chi connectivity index (χ4v) is 2.55. The third-order valence-corrected chi connectivity index (χ3v) is 4.11. The number of hydrogen-bond donors (Lipinski definition) is 2. The standard InChI is InChI=1S/C15H18F2N2O2/c16-12-6-5-11(7-13(12)17)21-8-15(14(18)20,9-1-2-9)19-10-3-4-10/h5-7,9-10,19H,1-4,8H2,(H2,18,20). The van der Waals surface area contributed by atoms with E-state index in [1.165, 1.54) is 6.07 Å².